The van der Waals surface area contributed by atoms with E-state index in [-0.39, 0.29) is 10.6 Å². The lowest BCUT2D eigenvalue weighted by molar-refractivity contribution is -0.122. The Bertz CT molecular complexity index is 1080. The van der Waals surface area contributed by atoms with Gasteiger partial charge in [0.25, 0.3) is 11.8 Å². The predicted octanol–water partition coefficient (Wildman–Crippen LogP) is 3.56. The van der Waals surface area contributed by atoms with Crippen molar-refractivity contribution in [3.05, 3.63) is 69.8 Å². The molecule has 1 saturated heterocycles. The highest BCUT2D eigenvalue weighted by atomic mass is 35.5. The Morgan fingerprint density at radius 1 is 1.10 bits per heavy atom. The average molecular weight is 445 g/mol. The fraction of sp³-hybridized carbons (Fsp3) is 0.190. The molecule has 0 radical (unpaired) electrons. The van der Waals surface area contributed by atoms with Gasteiger partial charge in [-0.2, -0.15) is 0 Å². The molecule has 4 amide bonds. The van der Waals surface area contributed by atoms with E-state index in [1.54, 1.807) is 42.4 Å². The first-order chi connectivity index (χ1) is 14.3. The standard InChI is InChI=1S/C21H18Cl2N4O3/c1-11-3-6-13(7-4-11)27-20(29)18-17(25-21(27)30)14(10-26(18)2)19(28)24-16-8-5-12(22)9-15(16)23/h3-10,17-18H,1-2H3,(H,24,28)(H,25,30). The first-order valence-corrected chi connectivity index (χ1v) is 9.93. The van der Waals surface area contributed by atoms with Gasteiger partial charge in [0.05, 0.1) is 28.0 Å². The third-order valence-corrected chi connectivity index (χ3v) is 5.67. The van der Waals surface area contributed by atoms with Gasteiger partial charge >= 0.3 is 6.03 Å². The van der Waals surface area contributed by atoms with E-state index in [1.165, 1.54) is 6.07 Å². The number of carbonyl (C=O) groups is 3. The Kier molecular flexibility index (Phi) is 5.17. The molecule has 2 heterocycles. The van der Waals surface area contributed by atoms with Crippen molar-refractivity contribution in [2.75, 3.05) is 17.3 Å². The fourth-order valence-corrected chi connectivity index (χ4v) is 4.07. The number of amides is 4. The third-order valence-electron chi connectivity index (χ3n) is 5.12. The summed E-state index contributed by atoms with van der Waals surface area (Å²) in [6.07, 6.45) is 1.56. The molecule has 1 fully saturated rings. The molecule has 0 saturated carbocycles. The SMILES string of the molecule is Cc1ccc(N2C(=O)NC3C(C(=O)Nc4ccc(Cl)cc4Cl)=CN(C)C3C2=O)cc1. The Labute approximate surface area is 183 Å². The van der Waals surface area contributed by atoms with Gasteiger partial charge in [-0.05, 0) is 37.3 Å². The van der Waals surface area contributed by atoms with E-state index >= 15 is 0 Å². The molecule has 0 aromatic heterocycles. The smallest absolute Gasteiger partial charge is 0.329 e. The number of carbonyl (C=O) groups excluding carboxylic acids is 3. The number of halogens is 2. The first-order valence-electron chi connectivity index (χ1n) is 9.17. The van der Waals surface area contributed by atoms with Crippen LogP contribution < -0.4 is 15.5 Å². The summed E-state index contributed by atoms with van der Waals surface area (Å²) >= 11 is 12.0. The van der Waals surface area contributed by atoms with Crippen LogP contribution in [0.4, 0.5) is 16.2 Å². The monoisotopic (exact) mass is 444 g/mol. The number of anilines is 2. The van der Waals surface area contributed by atoms with E-state index in [2.05, 4.69) is 10.6 Å². The number of imide groups is 1. The number of nitrogens with one attached hydrogen (secondary N) is 2. The Hall–Kier alpha value is -3.03. The van der Waals surface area contributed by atoms with E-state index < -0.39 is 29.9 Å². The molecule has 0 spiro atoms. The van der Waals surface area contributed by atoms with Crippen molar-refractivity contribution >= 4 is 52.4 Å². The molecule has 9 heteroatoms. The van der Waals surface area contributed by atoms with Crippen LogP contribution in [-0.4, -0.2) is 41.9 Å². The van der Waals surface area contributed by atoms with E-state index in [0.717, 1.165) is 10.5 Å². The van der Waals surface area contributed by atoms with Crippen LogP contribution in [0.5, 0.6) is 0 Å². The Morgan fingerprint density at radius 3 is 2.47 bits per heavy atom. The number of aryl methyl sites for hydroxylation is 1. The summed E-state index contributed by atoms with van der Waals surface area (Å²) in [5, 5.41) is 6.22. The maximum atomic E-state index is 13.2. The summed E-state index contributed by atoms with van der Waals surface area (Å²) in [5.74, 6) is -0.867. The lowest BCUT2D eigenvalue weighted by atomic mass is 9.99. The second kappa shape index (κ2) is 7.66. The summed E-state index contributed by atoms with van der Waals surface area (Å²) in [6, 6.07) is 9.70. The molecule has 7 nitrogen and oxygen atoms in total. The van der Waals surface area contributed by atoms with Crippen LogP contribution in [0.1, 0.15) is 5.56 Å². The summed E-state index contributed by atoms with van der Waals surface area (Å²) in [6.45, 7) is 1.92. The summed E-state index contributed by atoms with van der Waals surface area (Å²) in [7, 11) is 1.69. The minimum atomic E-state index is -0.775. The number of benzene rings is 2. The Morgan fingerprint density at radius 2 is 1.80 bits per heavy atom. The number of likely N-dealkylation sites (N-methyl/N-ethyl adjacent to an activating group) is 1. The molecular formula is C21H18Cl2N4O3. The zero-order valence-corrected chi connectivity index (χ0v) is 17.7. The number of fused-ring (bicyclic) bond motifs is 1. The molecule has 0 bridgehead atoms. The molecule has 154 valence electrons. The second-order valence-electron chi connectivity index (χ2n) is 7.21. The topological polar surface area (TPSA) is 81.8 Å². The fourth-order valence-electron chi connectivity index (χ4n) is 3.61. The maximum absolute atomic E-state index is 13.2. The van der Waals surface area contributed by atoms with Crippen LogP contribution in [0, 0.1) is 6.92 Å². The Balaban J connectivity index is 1.58. The molecule has 2 aliphatic heterocycles. The summed E-state index contributed by atoms with van der Waals surface area (Å²) in [5.41, 5.74) is 2.13. The van der Waals surface area contributed by atoms with E-state index in [0.29, 0.717) is 16.4 Å². The number of rotatable bonds is 3. The predicted molar refractivity (Wildman–Crippen MR) is 116 cm³/mol. The first kappa shape index (κ1) is 20.3. The quantitative estimate of drug-likeness (QED) is 0.757. The summed E-state index contributed by atoms with van der Waals surface area (Å²) < 4.78 is 0. The van der Waals surface area contributed by atoms with Crippen molar-refractivity contribution < 1.29 is 14.4 Å². The molecule has 2 aromatic carbocycles. The van der Waals surface area contributed by atoms with Crippen molar-refractivity contribution in [1.29, 1.82) is 0 Å². The second-order valence-corrected chi connectivity index (χ2v) is 8.05. The van der Waals surface area contributed by atoms with Gasteiger partial charge in [-0.15, -0.1) is 0 Å². The van der Waals surface area contributed by atoms with Crippen molar-refractivity contribution in [1.82, 2.24) is 10.2 Å². The van der Waals surface area contributed by atoms with Crippen LogP contribution in [0.15, 0.2) is 54.2 Å². The van der Waals surface area contributed by atoms with Gasteiger partial charge in [-0.3, -0.25) is 9.59 Å². The van der Waals surface area contributed by atoms with Crippen LogP contribution in [-0.2, 0) is 9.59 Å². The molecule has 2 N–H and O–H groups in total. The van der Waals surface area contributed by atoms with Gasteiger partial charge in [0.15, 0.2) is 0 Å². The maximum Gasteiger partial charge on any atom is 0.329 e. The van der Waals surface area contributed by atoms with Crippen molar-refractivity contribution in [3.63, 3.8) is 0 Å². The van der Waals surface area contributed by atoms with E-state index in [4.69, 9.17) is 23.2 Å². The van der Waals surface area contributed by atoms with Gasteiger partial charge in [0.2, 0.25) is 0 Å². The van der Waals surface area contributed by atoms with Crippen molar-refractivity contribution in [3.8, 4) is 0 Å². The molecule has 2 aromatic rings. The van der Waals surface area contributed by atoms with Gasteiger partial charge < -0.3 is 15.5 Å². The molecule has 2 atom stereocenters. The van der Waals surface area contributed by atoms with Crippen LogP contribution in [0.3, 0.4) is 0 Å². The molecule has 2 aliphatic rings. The van der Waals surface area contributed by atoms with Crippen LogP contribution in [0.25, 0.3) is 0 Å². The number of nitrogens with zero attached hydrogens (tertiary/aromatic N) is 2. The number of hydrogen-bond donors (Lipinski definition) is 2. The van der Waals surface area contributed by atoms with Crippen molar-refractivity contribution in [2.45, 2.75) is 19.0 Å². The minimum Gasteiger partial charge on any atom is -0.366 e. The average Bonchev–Trinajstić information content (AvgIpc) is 3.02. The zero-order valence-electron chi connectivity index (χ0n) is 16.1. The highest BCUT2D eigenvalue weighted by molar-refractivity contribution is 6.37. The number of urea groups is 1. The summed E-state index contributed by atoms with van der Waals surface area (Å²) in [4.78, 5) is 41.5. The van der Waals surface area contributed by atoms with Crippen LogP contribution >= 0.6 is 23.2 Å². The molecule has 2 unspecified atom stereocenters. The van der Waals surface area contributed by atoms with Crippen molar-refractivity contribution in [2.24, 2.45) is 0 Å². The molecule has 4 rings (SSSR count). The van der Waals surface area contributed by atoms with Crippen LogP contribution in [0.2, 0.25) is 10.0 Å². The minimum absolute atomic E-state index is 0.263. The van der Waals surface area contributed by atoms with Gasteiger partial charge in [-0.25, -0.2) is 9.69 Å². The van der Waals surface area contributed by atoms with E-state index in [1.807, 2.05) is 19.1 Å². The zero-order chi connectivity index (χ0) is 21.6. The largest absolute Gasteiger partial charge is 0.366 e. The highest BCUT2D eigenvalue weighted by Crippen LogP contribution is 2.31. The molecule has 0 aliphatic carbocycles. The van der Waals surface area contributed by atoms with Gasteiger partial charge in [0.1, 0.15) is 6.04 Å². The normalized spacial score (nSPS) is 20.6. The van der Waals surface area contributed by atoms with E-state index in [9.17, 15) is 14.4 Å². The lowest BCUT2D eigenvalue weighted by Crippen LogP contribution is -2.65. The van der Waals surface area contributed by atoms with Gasteiger partial charge in [-0.1, -0.05) is 40.9 Å². The number of hydrogen-bond acceptors (Lipinski definition) is 4. The highest BCUT2D eigenvalue weighted by Gasteiger charge is 2.49. The molecular weight excluding hydrogens is 427 g/mol. The van der Waals surface area contributed by atoms with Gasteiger partial charge in [0, 0.05) is 18.3 Å². The lowest BCUT2D eigenvalue weighted by Gasteiger charge is -2.37. The third kappa shape index (κ3) is 3.51. The molecule has 30 heavy (non-hydrogen) atoms.